The summed E-state index contributed by atoms with van der Waals surface area (Å²) in [5.74, 6) is 1.12. The maximum Gasteiger partial charge on any atom is 0.508 e. The molecular formula is C21H35NO3S2. The molecule has 0 radical (unpaired) electrons. The van der Waals surface area contributed by atoms with Gasteiger partial charge in [-0.2, -0.15) is 0 Å². The van der Waals surface area contributed by atoms with Crippen LogP contribution in [0.5, 0.6) is 0 Å². The molecule has 1 heterocycles. The van der Waals surface area contributed by atoms with E-state index >= 15 is 0 Å². The van der Waals surface area contributed by atoms with E-state index < -0.39 is 6.16 Å². The predicted octanol–water partition coefficient (Wildman–Crippen LogP) is 6.71. The van der Waals surface area contributed by atoms with Gasteiger partial charge < -0.3 is 9.47 Å². The first-order valence-electron chi connectivity index (χ1n) is 9.47. The van der Waals surface area contributed by atoms with Crippen LogP contribution in [0, 0.1) is 22.7 Å². The lowest BCUT2D eigenvalue weighted by molar-refractivity contribution is -0.0600. The highest BCUT2D eigenvalue weighted by atomic mass is 33.1. The fourth-order valence-electron chi connectivity index (χ4n) is 2.43. The van der Waals surface area contributed by atoms with Gasteiger partial charge in [-0.15, -0.1) is 0 Å². The molecule has 6 heteroatoms. The second-order valence-electron chi connectivity index (χ2n) is 9.06. The highest BCUT2D eigenvalue weighted by Crippen LogP contribution is 2.39. The van der Waals surface area contributed by atoms with Gasteiger partial charge in [0.05, 0.1) is 0 Å². The van der Waals surface area contributed by atoms with Crippen LogP contribution in [0.15, 0.2) is 29.4 Å². The number of pyridine rings is 1. The Hall–Kier alpha value is -0.880. The Balaban J connectivity index is 2.51. The zero-order valence-electron chi connectivity index (χ0n) is 17.9. The lowest BCUT2D eigenvalue weighted by atomic mass is 9.69. The van der Waals surface area contributed by atoms with Gasteiger partial charge in [-0.3, -0.25) is 0 Å². The molecule has 0 aliphatic heterocycles. The van der Waals surface area contributed by atoms with Crippen molar-refractivity contribution in [3.05, 3.63) is 24.4 Å². The van der Waals surface area contributed by atoms with E-state index in [1.165, 1.54) is 0 Å². The topological polar surface area (TPSA) is 48.4 Å². The molecule has 4 nitrogen and oxygen atoms in total. The molecule has 0 aliphatic carbocycles. The first kappa shape index (κ1) is 24.2. The van der Waals surface area contributed by atoms with Crippen molar-refractivity contribution < 1.29 is 14.3 Å². The van der Waals surface area contributed by atoms with E-state index in [-0.39, 0.29) is 28.8 Å². The summed E-state index contributed by atoms with van der Waals surface area (Å²) in [7, 11) is 3.19. The molecule has 0 fully saturated rings. The number of hydrogen-bond donors (Lipinski definition) is 0. The van der Waals surface area contributed by atoms with Crippen LogP contribution in [0.1, 0.15) is 55.4 Å². The van der Waals surface area contributed by atoms with Gasteiger partial charge in [0.1, 0.15) is 17.7 Å². The molecule has 0 spiro atoms. The van der Waals surface area contributed by atoms with Crippen molar-refractivity contribution >= 4 is 27.7 Å². The Morgan fingerprint density at radius 2 is 1.67 bits per heavy atom. The molecule has 0 saturated heterocycles. The number of aromatic nitrogens is 1. The highest BCUT2D eigenvalue weighted by Gasteiger charge is 2.39. The summed E-state index contributed by atoms with van der Waals surface area (Å²) in [6.45, 7) is 17.7. The van der Waals surface area contributed by atoms with Gasteiger partial charge in [0.25, 0.3) is 0 Å². The van der Waals surface area contributed by atoms with Crippen LogP contribution >= 0.6 is 21.6 Å². The van der Waals surface area contributed by atoms with E-state index in [0.29, 0.717) is 12.4 Å². The average Bonchev–Trinajstić information content (AvgIpc) is 2.57. The maximum atomic E-state index is 12.3. The summed E-state index contributed by atoms with van der Waals surface area (Å²) in [6.07, 6.45) is 1.01. The average molecular weight is 414 g/mol. The number of nitrogens with zero attached hydrogens (tertiary/aromatic N) is 1. The summed E-state index contributed by atoms with van der Waals surface area (Å²) >= 11 is 0. The zero-order valence-corrected chi connectivity index (χ0v) is 19.6. The van der Waals surface area contributed by atoms with Crippen LogP contribution < -0.4 is 0 Å². The van der Waals surface area contributed by atoms with Crippen molar-refractivity contribution in [1.29, 1.82) is 0 Å². The molecule has 1 rings (SSSR count). The van der Waals surface area contributed by atoms with E-state index in [0.717, 1.165) is 5.03 Å². The molecule has 0 aliphatic rings. The summed E-state index contributed by atoms with van der Waals surface area (Å²) < 4.78 is 11.1. The van der Waals surface area contributed by atoms with Gasteiger partial charge in [-0.1, -0.05) is 72.3 Å². The Labute approximate surface area is 173 Å². The number of hydrogen-bond acceptors (Lipinski definition) is 6. The number of rotatable bonds is 8. The summed E-state index contributed by atoms with van der Waals surface area (Å²) in [6, 6.07) is 5.80. The minimum atomic E-state index is -0.573. The quantitative estimate of drug-likeness (QED) is 0.268. The maximum absolute atomic E-state index is 12.3. The smallest absolute Gasteiger partial charge is 0.433 e. The Morgan fingerprint density at radius 3 is 2.15 bits per heavy atom. The molecule has 0 saturated carbocycles. The molecule has 1 aromatic heterocycles. The fourth-order valence-corrected chi connectivity index (χ4v) is 4.13. The van der Waals surface area contributed by atoms with Crippen molar-refractivity contribution in [3.8, 4) is 0 Å². The molecular weight excluding hydrogens is 378 g/mol. The Morgan fingerprint density at radius 1 is 1.07 bits per heavy atom. The SMILES string of the molecule is CC(C(OC(=O)OCCSSc1ccccn1)C(C)C(C)(C)C)C(C)(C)C. The van der Waals surface area contributed by atoms with Gasteiger partial charge in [-0.25, -0.2) is 9.78 Å². The van der Waals surface area contributed by atoms with Gasteiger partial charge in [0.2, 0.25) is 0 Å². The number of ether oxygens (including phenoxy) is 2. The zero-order chi connectivity index (χ0) is 20.7. The number of carbonyl (C=O) groups is 1. The third kappa shape index (κ3) is 8.77. The third-order valence-electron chi connectivity index (χ3n) is 5.12. The molecule has 2 unspecified atom stereocenters. The standard InChI is InChI=1S/C21H35NO3S2/c1-15(20(3,4)5)18(16(2)21(6,7)8)25-19(23)24-13-14-26-27-17-11-9-10-12-22-17/h9-12,15-16,18H,13-14H2,1-8H3. The van der Waals surface area contributed by atoms with E-state index in [2.05, 4.69) is 60.4 Å². The first-order chi connectivity index (χ1) is 12.4. The Kier molecular flexibility index (Phi) is 9.49. The van der Waals surface area contributed by atoms with Gasteiger partial charge in [0.15, 0.2) is 0 Å². The van der Waals surface area contributed by atoms with Crippen LogP contribution in [0.3, 0.4) is 0 Å². The van der Waals surface area contributed by atoms with Gasteiger partial charge >= 0.3 is 6.16 Å². The monoisotopic (exact) mass is 413 g/mol. The number of carbonyl (C=O) groups excluding carboxylic acids is 1. The lowest BCUT2D eigenvalue weighted by Crippen LogP contribution is -2.42. The molecule has 2 atom stereocenters. The molecule has 0 N–H and O–H groups in total. The minimum Gasteiger partial charge on any atom is -0.433 e. The molecule has 27 heavy (non-hydrogen) atoms. The van der Waals surface area contributed by atoms with Crippen LogP contribution in [-0.2, 0) is 9.47 Å². The summed E-state index contributed by atoms with van der Waals surface area (Å²) in [5, 5.41) is 0.947. The largest absolute Gasteiger partial charge is 0.508 e. The van der Waals surface area contributed by atoms with Crippen molar-refractivity contribution in [1.82, 2.24) is 4.98 Å². The van der Waals surface area contributed by atoms with Crippen molar-refractivity contribution in [2.75, 3.05) is 12.4 Å². The van der Waals surface area contributed by atoms with Crippen LogP contribution in [-0.4, -0.2) is 29.6 Å². The van der Waals surface area contributed by atoms with E-state index in [1.54, 1.807) is 27.8 Å². The van der Waals surface area contributed by atoms with Gasteiger partial charge in [-0.05, 0) is 45.6 Å². The molecule has 0 aromatic carbocycles. The van der Waals surface area contributed by atoms with Crippen molar-refractivity contribution in [3.63, 3.8) is 0 Å². The fraction of sp³-hybridized carbons (Fsp3) is 0.714. The van der Waals surface area contributed by atoms with E-state index in [4.69, 9.17) is 9.47 Å². The molecule has 0 bridgehead atoms. The summed E-state index contributed by atoms with van der Waals surface area (Å²) in [4.78, 5) is 16.5. The lowest BCUT2D eigenvalue weighted by Gasteiger charge is -2.41. The molecule has 0 amide bonds. The second-order valence-corrected chi connectivity index (χ2v) is 11.5. The van der Waals surface area contributed by atoms with E-state index in [9.17, 15) is 4.79 Å². The Bertz CT molecular complexity index is 547. The van der Waals surface area contributed by atoms with Gasteiger partial charge in [0, 0.05) is 11.9 Å². The van der Waals surface area contributed by atoms with Crippen LogP contribution in [0.2, 0.25) is 0 Å². The molecule has 1 aromatic rings. The first-order valence-corrected chi connectivity index (χ1v) is 11.8. The molecule has 154 valence electrons. The summed E-state index contributed by atoms with van der Waals surface area (Å²) in [5.41, 5.74) is 0.0826. The van der Waals surface area contributed by atoms with E-state index in [1.807, 2.05) is 18.2 Å². The van der Waals surface area contributed by atoms with Crippen molar-refractivity contribution in [2.45, 2.75) is 66.5 Å². The highest BCUT2D eigenvalue weighted by molar-refractivity contribution is 8.76. The predicted molar refractivity (Wildman–Crippen MR) is 116 cm³/mol. The normalized spacial score (nSPS) is 15.7. The minimum absolute atomic E-state index is 0.0413. The van der Waals surface area contributed by atoms with Crippen LogP contribution in [0.25, 0.3) is 0 Å². The second kappa shape index (κ2) is 10.6. The van der Waals surface area contributed by atoms with Crippen LogP contribution in [0.4, 0.5) is 4.79 Å². The third-order valence-corrected chi connectivity index (χ3v) is 7.35. The van der Waals surface area contributed by atoms with Crippen molar-refractivity contribution in [2.24, 2.45) is 22.7 Å².